The third kappa shape index (κ3) is 4.56. The Labute approximate surface area is 124 Å². The Hall–Kier alpha value is -1.89. The second kappa shape index (κ2) is 6.48. The maximum absolute atomic E-state index is 12.9. The summed E-state index contributed by atoms with van der Waals surface area (Å²) in [5.74, 6) is -1.21. The number of esters is 1. The lowest BCUT2D eigenvalue weighted by molar-refractivity contribution is -0.139. The SMILES string of the molecule is CCOC(=O)c1cc(C(F)(F)F)c(SC(F)(F)F)cc1C#N. The van der Waals surface area contributed by atoms with Gasteiger partial charge in [-0.3, -0.25) is 0 Å². The van der Waals surface area contributed by atoms with Crippen molar-refractivity contribution < 1.29 is 35.9 Å². The first-order valence-corrected chi connectivity index (χ1v) is 6.39. The van der Waals surface area contributed by atoms with E-state index in [4.69, 9.17) is 5.26 Å². The van der Waals surface area contributed by atoms with Crippen LogP contribution in [0.3, 0.4) is 0 Å². The summed E-state index contributed by atoms with van der Waals surface area (Å²) in [4.78, 5) is 10.3. The minimum atomic E-state index is -5.12. The molecule has 1 aromatic carbocycles. The van der Waals surface area contributed by atoms with Crippen molar-refractivity contribution in [2.45, 2.75) is 23.5 Å². The highest BCUT2D eigenvalue weighted by molar-refractivity contribution is 8.00. The molecule has 0 spiro atoms. The first kappa shape index (κ1) is 18.2. The molecule has 1 aromatic rings. The minimum Gasteiger partial charge on any atom is -0.462 e. The maximum Gasteiger partial charge on any atom is 0.446 e. The Morgan fingerprint density at radius 2 is 1.86 bits per heavy atom. The number of hydrogen-bond donors (Lipinski definition) is 0. The number of nitriles is 1. The molecule has 0 bridgehead atoms. The Morgan fingerprint density at radius 1 is 1.27 bits per heavy atom. The lowest BCUT2D eigenvalue weighted by atomic mass is 10.0. The van der Waals surface area contributed by atoms with Crippen LogP contribution in [0, 0.1) is 11.3 Å². The molecule has 0 N–H and O–H groups in total. The summed E-state index contributed by atoms with van der Waals surface area (Å²) >= 11 is -1.01. The van der Waals surface area contributed by atoms with Gasteiger partial charge in [-0.25, -0.2) is 4.79 Å². The fourth-order valence-electron chi connectivity index (χ4n) is 1.48. The zero-order chi connectivity index (χ0) is 17.1. The number of benzene rings is 1. The molecule has 0 radical (unpaired) electrons. The number of carbonyl (C=O) groups is 1. The monoisotopic (exact) mass is 343 g/mol. The molecule has 22 heavy (non-hydrogen) atoms. The van der Waals surface area contributed by atoms with E-state index in [2.05, 4.69) is 4.74 Å². The van der Waals surface area contributed by atoms with Crippen molar-refractivity contribution >= 4 is 17.7 Å². The van der Waals surface area contributed by atoms with E-state index in [0.29, 0.717) is 6.07 Å². The smallest absolute Gasteiger partial charge is 0.446 e. The van der Waals surface area contributed by atoms with Gasteiger partial charge in [-0.05, 0) is 30.8 Å². The summed E-state index contributed by atoms with van der Waals surface area (Å²) in [7, 11) is 0. The van der Waals surface area contributed by atoms with Gasteiger partial charge < -0.3 is 4.74 Å². The van der Waals surface area contributed by atoms with Crippen molar-refractivity contribution in [2.24, 2.45) is 0 Å². The van der Waals surface area contributed by atoms with Gasteiger partial charge in [-0.1, -0.05) is 0 Å². The Morgan fingerprint density at radius 3 is 2.27 bits per heavy atom. The number of rotatable bonds is 3. The molecule has 0 aromatic heterocycles. The molecule has 0 saturated carbocycles. The summed E-state index contributed by atoms with van der Waals surface area (Å²) in [6.07, 6.45) is -5.12. The second-order valence-corrected chi connectivity index (χ2v) is 4.88. The van der Waals surface area contributed by atoms with Crippen molar-refractivity contribution in [3.05, 3.63) is 28.8 Å². The summed E-state index contributed by atoms with van der Waals surface area (Å²) in [6, 6.07) is 1.97. The highest BCUT2D eigenvalue weighted by Crippen LogP contribution is 2.44. The van der Waals surface area contributed by atoms with E-state index >= 15 is 0 Å². The zero-order valence-corrected chi connectivity index (χ0v) is 11.6. The lowest BCUT2D eigenvalue weighted by Crippen LogP contribution is -2.14. The third-order valence-electron chi connectivity index (χ3n) is 2.27. The van der Waals surface area contributed by atoms with Crippen LogP contribution in [0.15, 0.2) is 17.0 Å². The molecule has 0 fully saturated rings. The molecule has 1 rings (SSSR count). The van der Waals surface area contributed by atoms with Crippen LogP contribution in [0.25, 0.3) is 0 Å². The topological polar surface area (TPSA) is 50.1 Å². The molecule has 0 atom stereocenters. The van der Waals surface area contributed by atoms with E-state index in [1.165, 1.54) is 13.0 Å². The normalized spacial score (nSPS) is 11.9. The standard InChI is InChI=1S/C12H7F6NO2S/c1-2-21-10(20)7-4-8(11(13,14)15)9(3-6(7)5-19)22-12(16,17)18/h3-4H,2H2,1H3. The molecule has 0 aliphatic rings. The van der Waals surface area contributed by atoms with Gasteiger partial charge in [-0.2, -0.15) is 31.6 Å². The first-order valence-electron chi connectivity index (χ1n) is 5.57. The van der Waals surface area contributed by atoms with E-state index in [1.807, 2.05) is 0 Å². The number of carbonyl (C=O) groups excluding carboxylic acids is 1. The minimum absolute atomic E-state index is 0.163. The van der Waals surface area contributed by atoms with Crippen molar-refractivity contribution in [2.75, 3.05) is 6.61 Å². The van der Waals surface area contributed by atoms with E-state index in [0.717, 1.165) is 0 Å². The maximum atomic E-state index is 12.9. The van der Waals surface area contributed by atoms with E-state index in [1.54, 1.807) is 0 Å². The van der Waals surface area contributed by atoms with Crippen LogP contribution < -0.4 is 0 Å². The van der Waals surface area contributed by atoms with Crippen LogP contribution in [0.5, 0.6) is 0 Å². The predicted molar refractivity (Wildman–Crippen MR) is 64.0 cm³/mol. The van der Waals surface area contributed by atoms with Gasteiger partial charge in [0.15, 0.2) is 0 Å². The van der Waals surface area contributed by atoms with Gasteiger partial charge in [-0.15, -0.1) is 0 Å². The van der Waals surface area contributed by atoms with E-state index in [9.17, 15) is 31.1 Å². The van der Waals surface area contributed by atoms with Crippen molar-refractivity contribution in [1.82, 2.24) is 0 Å². The number of halogens is 6. The largest absolute Gasteiger partial charge is 0.462 e. The Kier molecular flexibility index (Phi) is 5.35. The van der Waals surface area contributed by atoms with E-state index < -0.39 is 51.0 Å². The molecule has 10 heteroatoms. The fraction of sp³-hybridized carbons (Fsp3) is 0.333. The molecule has 0 saturated heterocycles. The summed E-state index contributed by atoms with van der Waals surface area (Å²) < 4.78 is 80.1. The summed E-state index contributed by atoms with van der Waals surface area (Å²) in [5.41, 5.74) is -7.99. The average Bonchev–Trinajstić information content (AvgIpc) is 2.35. The fourth-order valence-corrected chi connectivity index (χ4v) is 2.19. The van der Waals surface area contributed by atoms with Crippen LogP contribution in [0.2, 0.25) is 0 Å². The van der Waals surface area contributed by atoms with Crippen LogP contribution in [-0.2, 0) is 10.9 Å². The lowest BCUT2D eigenvalue weighted by Gasteiger charge is -2.16. The van der Waals surface area contributed by atoms with Crippen molar-refractivity contribution in [1.29, 1.82) is 5.26 Å². The van der Waals surface area contributed by atoms with Gasteiger partial charge in [0.05, 0.1) is 23.3 Å². The van der Waals surface area contributed by atoms with Gasteiger partial charge >= 0.3 is 17.7 Å². The number of hydrogen-bond acceptors (Lipinski definition) is 4. The Bertz CT molecular complexity index is 618. The number of nitrogens with zero attached hydrogens (tertiary/aromatic N) is 1. The van der Waals surface area contributed by atoms with Gasteiger partial charge in [0.25, 0.3) is 0 Å². The first-order chi connectivity index (χ1) is 9.99. The number of thioether (sulfide) groups is 1. The van der Waals surface area contributed by atoms with Crippen molar-refractivity contribution in [3.63, 3.8) is 0 Å². The molecule has 3 nitrogen and oxygen atoms in total. The van der Waals surface area contributed by atoms with E-state index in [-0.39, 0.29) is 12.7 Å². The molecular weight excluding hydrogens is 336 g/mol. The molecule has 0 aliphatic heterocycles. The molecule has 0 unspecified atom stereocenters. The molecule has 0 heterocycles. The number of alkyl halides is 6. The van der Waals surface area contributed by atoms with Crippen LogP contribution in [0.1, 0.15) is 28.4 Å². The van der Waals surface area contributed by atoms with Crippen LogP contribution in [-0.4, -0.2) is 18.1 Å². The van der Waals surface area contributed by atoms with Crippen molar-refractivity contribution in [3.8, 4) is 6.07 Å². The summed E-state index contributed by atoms with van der Waals surface area (Å²) in [5, 5.41) is 8.82. The highest BCUT2D eigenvalue weighted by atomic mass is 32.2. The van der Waals surface area contributed by atoms with Crippen LogP contribution >= 0.6 is 11.8 Å². The molecule has 0 amide bonds. The summed E-state index contributed by atoms with van der Waals surface area (Å²) in [6.45, 7) is 1.23. The molecule has 120 valence electrons. The second-order valence-electron chi connectivity index (χ2n) is 3.77. The number of ether oxygens (including phenoxy) is 1. The van der Waals surface area contributed by atoms with Gasteiger partial charge in [0.1, 0.15) is 6.07 Å². The van der Waals surface area contributed by atoms with Gasteiger partial charge in [0, 0.05) is 4.90 Å². The Balaban J connectivity index is 3.53. The highest BCUT2D eigenvalue weighted by Gasteiger charge is 2.39. The zero-order valence-electron chi connectivity index (χ0n) is 10.8. The third-order valence-corrected chi connectivity index (χ3v) is 3.06. The van der Waals surface area contributed by atoms with Crippen LogP contribution in [0.4, 0.5) is 26.3 Å². The van der Waals surface area contributed by atoms with Gasteiger partial charge in [0.2, 0.25) is 0 Å². The quantitative estimate of drug-likeness (QED) is 0.465. The molecular formula is C12H7F6NO2S. The average molecular weight is 343 g/mol. The predicted octanol–water partition coefficient (Wildman–Crippen LogP) is 4.37. The molecule has 0 aliphatic carbocycles.